The molecule has 0 bridgehead atoms. The highest BCUT2D eigenvalue weighted by molar-refractivity contribution is 6.34. The SMILES string of the molecule is [C-]#[N+]c1c(C(=O)OC2C(C)CC(C)CC2C)c2[nH]nc(-c3ccccc3)n2c1Cl. The topological polar surface area (TPSA) is 63.8 Å². The third kappa shape index (κ3) is 3.30. The van der Waals surface area contributed by atoms with Crippen LogP contribution in [0.3, 0.4) is 0 Å². The van der Waals surface area contributed by atoms with Crippen LogP contribution in [0.25, 0.3) is 21.9 Å². The number of esters is 1. The Morgan fingerprint density at radius 2 is 1.90 bits per heavy atom. The number of rotatable bonds is 3. The van der Waals surface area contributed by atoms with E-state index in [1.165, 1.54) is 0 Å². The molecule has 1 fully saturated rings. The van der Waals surface area contributed by atoms with Gasteiger partial charge < -0.3 is 4.74 Å². The number of fused-ring (bicyclic) bond motifs is 1. The van der Waals surface area contributed by atoms with Gasteiger partial charge in [-0.2, -0.15) is 5.10 Å². The van der Waals surface area contributed by atoms with Gasteiger partial charge >= 0.3 is 5.97 Å². The number of H-pyrrole nitrogens is 1. The summed E-state index contributed by atoms with van der Waals surface area (Å²) in [6, 6.07) is 9.49. The molecule has 29 heavy (non-hydrogen) atoms. The van der Waals surface area contributed by atoms with Crippen molar-refractivity contribution in [3.63, 3.8) is 0 Å². The maximum atomic E-state index is 13.2. The fourth-order valence-electron chi connectivity index (χ4n) is 4.68. The second kappa shape index (κ2) is 7.57. The molecule has 2 aromatic heterocycles. The molecule has 1 N–H and O–H groups in total. The van der Waals surface area contributed by atoms with E-state index in [4.69, 9.17) is 22.9 Å². The Labute approximate surface area is 174 Å². The Kier molecular flexibility index (Phi) is 5.10. The normalized spacial score (nSPS) is 24.4. The van der Waals surface area contributed by atoms with E-state index in [0.29, 0.717) is 17.4 Å². The summed E-state index contributed by atoms with van der Waals surface area (Å²) in [5.74, 6) is 1.17. The van der Waals surface area contributed by atoms with Crippen molar-refractivity contribution in [2.75, 3.05) is 0 Å². The van der Waals surface area contributed by atoms with Crippen molar-refractivity contribution in [3.05, 3.63) is 52.5 Å². The standard InChI is InChI=1S/C22H23ClN4O2/c1-12-10-13(2)18(14(3)11-12)29-22(28)16-17(24-4)19(23)27-20(25-26-21(16)27)15-8-6-5-7-9-15/h5-9,12-14,18,26H,10-11H2,1-3H3. The van der Waals surface area contributed by atoms with Gasteiger partial charge in [-0.05, 0) is 30.6 Å². The van der Waals surface area contributed by atoms with E-state index < -0.39 is 5.97 Å². The molecule has 3 aromatic rings. The lowest BCUT2D eigenvalue weighted by Gasteiger charge is -2.37. The number of ether oxygens (including phenoxy) is 1. The quantitative estimate of drug-likeness (QED) is 0.441. The van der Waals surface area contributed by atoms with Crippen molar-refractivity contribution in [3.8, 4) is 11.4 Å². The summed E-state index contributed by atoms with van der Waals surface area (Å²) in [5, 5.41) is 7.38. The molecule has 1 aliphatic carbocycles. The summed E-state index contributed by atoms with van der Waals surface area (Å²) in [7, 11) is 0. The predicted molar refractivity (Wildman–Crippen MR) is 112 cm³/mol. The molecule has 2 atom stereocenters. The van der Waals surface area contributed by atoms with Crippen LogP contribution in [0.1, 0.15) is 44.0 Å². The third-order valence-corrected chi connectivity index (χ3v) is 6.18. The lowest BCUT2D eigenvalue weighted by atomic mass is 9.75. The van der Waals surface area contributed by atoms with Crippen LogP contribution in [0.4, 0.5) is 5.69 Å². The molecule has 0 amide bonds. The molecule has 0 saturated heterocycles. The van der Waals surface area contributed by atoms with Crippen LogP contribution >= 0.6 is 11.6 Å². The van der Waals surface area contributed by atoms with Crippen LogP contribution in [0.5, 0.6) is 0 Å². The molecular formula is C22H23ClN4O2. The number of carbonyl (C=O) groups is 1. The average molecular weight is 411 g/mol. The van der Waals surface area contributed by atoms with Crippen LogP contribution in [0, 0.1) is 24.3 Å². The number of hydrogen-bond donors (Lipinski definition) is 1. The minimum absolute atomic E-state index is 0.0898. The van der Waals surface area contributed by atoms with Gasteiger partial charge in [0.15, 0.2) is 5.82 Å². The highest BCUT2D eigenvalue weighted by atomic mass is 35.5. The Balaban J connectivity index is 1.75. The van der Waals surface area contributed by atoms with E-state index in [0.717, 1.165) is 18.4 Å². The van der Waals surface area contributed by atoms with E-state index in [-0.39, 0.29) is 34.3 Å². The maximum Gasteiger partial charge on any atom is 0.331 e. The number of halogens is 1. The number of nitrogens with zero attached hydrogens (tertiary/aromatic N) is 3. The van der Waals surface area contributed by atoms with Gasteiger partial charge in [-0.1, -0.05) is 62.7 Å². The Morgan fingerprint density at radius 1 is 1.24 bits per heavy atom. The number of carbonyl (C=O) groups excluding carboxylic acids is 1. The number of aromatic amines is 1. The van der Waals surface area contributed by atoms with Crippen molar-refractivity contribution < 1.29 is 9.53 Å². The van der Waals surface area contributed by atoms with E-state index in [9.17, 15) is 4.79 Å². The van der Waals surface area contributed by atoms with Crippen molar-refractivity contribution in [1.29, 1.82) is 0 Å². The number of aromatic nitrogens is 3. The molecule has 0 aliphatic heterocycles. The fourth-order valence-corrected chi connectivity index (χ4v) is 4.98. The molecule has 1 aliphatic rings. The van der Waals surface area contributed by atoms with E-state index in [2.05, 4.69) is 35.8 Å². The second-order valence-corrected chi connectivity index (χ2v) is 8.48. The summed E-state index contributed by atoms with van der Waals surface area (Å²) in [4.78, 5) is 16.7. The smallest absolute Gasteiger partial charge is 0.331 e. The molecule has 1 aromatic carbocycles. The van der Waals surface area contributed by atoms with Gasteiger partial charge in [0.25, 0.3) is 0 Å². The number of benzene rings is 1. The van der Waals surface area contributed by atoms with Crippen molar-refractivity contribution in [2.24, 2.45) is 17.8 Å². The molecule has 1 saturated carbocycles. The van der Waals surface area contributed by atoms with Crippen molar-refractivity contribution in [2.45, 2.75) is 39.7 Å². The van der Waals surface area contributed by atoms with Crippen LogP contribution in [0.15, 0.2) is 30.3 Å². The largest absolute Gasteiger partial charge is 0.459 e. The lowest BCUT2D eigenvalue weighted by molar-refractivity contribution is -0.0249. The summed E-state index contributed by atoms with van der Waals surface area (Å²) < 4.78 is 7.53. The monoisotopic (exact) mass is 410 g/mol. The van der Waals surface area contributed by atoms with E-state index in [1.807, 2.05) is 30.3 Å². The Bertz CT molecular complexity index is 1080. The second-order valence-electron chi connectivity index (χ2n) is 8.12. The summed E-state index contributed by atoms with van der Waals surface area (Å²) in [6.45, 7) is 14.0. The molecule has 0 spiro atoms. The average Bonchev–Trinajstić information content (AvgIpc) is 3.24. The fraction of sp³-hybridized carbons (Fsp3) is 0.409. The van der Waals surface area contributed by atoms with Crippen LogP contribution in [0.2, 0.25) is 5.15 Å². The molecule has 150 valence electrons. The molecule has 7 heteroatoms. The molecular weight excluding hydrogens is 388 g/mol. The molecule has 4 rings (SSSR count). The van der Waals surface area contributed by atoms with Gasteiger partial charge in [0.2, 0.25) is 5.69 Å². The first-order valence-corrected chi connectivity index (χ1v) is 10.2. The predicted octanol–water partition coefficient (Wildman–Crippen LogP) is 5.76. The first kappa shape index (κ1) is 19.5. The van der Waals surface area contributed by atoms with Crippen LogP contribution in [-0.2, 0) is 4.74 Å². The molecule has 6 nitrogen and oxygen atoms in total. The number of nitrogens with one attached hydrogen (secondary N) is 1. The minimum atomic E-state index is -0.526. The first-order valence-electron chi connectivity index (χ1n) is 9.84. The van der Waals surface area contributed by atoms with Gasteiger partial charge in [0, 0.05) is 5.56 Å². The zero-order valence-electron chi connectivity index (χ0n) is 16.6. The lowest BCUT2D eigenvalue weighted by Crippen LogP contribution is -2.37. The molecule has 2 heterocycles. The highest BCUT2D eigenvalue weighted by Gasteiger charge is 2.36. The molecule has 2 unspecified atom stereocenters. The third-order valence-electron chi connectivity index (χ3n) is 5.83. The summed E-state index contributed by atoms with van der Waals surface area (Å²) in [5.41, 5.74) is 1.45. The Morgan fingerprint density at radius 3 is 2.52 bits per heavy atom. The van der Waals surface area contributed by atoms with Crippen molar-refractivity contribution >= 4 is 28.9 Å². The van der Waals surface area contributed by atoms with Gasteiger partial charge in [-0.3, -0.25) is 9.50 Å². The molecule has 0 radical (unpaired) electrons. The van der Waals surface area contributed by atoms with Gasteiger partial charge in [0.05, 0.1) is 6.57 Å². The zero-order valence-corrected chi connectivity index (χ0v) is 17.4. The van der Waals surface area contributed by atoms with Crippen molar-refractivity contribution in [1.82, 2.24) is 14.6 Å². The van der Waals surface area contributed by atoms with Gasteiger partial charge in [-0.15, -0.1) is 0 Å². The maximum absolute atomic E-state index is 13.2. The van der Waals surface area contributed by atoms with Crippen LogP contribution in [-0.4, -0.2) is 26.7 Å². The summed E-state index contributed by atoms with van der Waals surface area (Å²) >= 11 is 6.50. The van der Waals surface area contributed by atoms with Crippen LogP contribution < -0.4 is 0 Å². The van der Waals surface area contributed by atoms with E-state index in [1.54, 1.807) is 4.40 Å². The van der Waals surface area contributed by atoms with Gasteiger partial charge in [-0.25, -0.2) is 9.64 Å². The highest BCUT2D eigenvalue weighted by Crippen LogP contribution is 2.40. The Hall–Kier alpha value is -2.78. The van der Waals surface area contributed by atoms with E-state index >= 15 is 0 Å². The first-order chi connectivity index (χ1) is 13.9. The minimum Gasteiger partial charge on any atom is -0.459 e. The summed E-state index contributed by atoms with van der Waals surface area (Å²) in [6.07, 6.45) is 1.86. The van der Waals surface area contributed by atoms with Gasteiger partial charge in [0.1, 0.15) is 22.5 Å². The number of hydrogen-bond acceptors (Lipinski definition) is 3. The zero-order chi connectivity index (χ0) is 20.7.